The molecule has 1 heterocycles. The molecule has 0 aromatic heterocycles. The van der Waals surface area contributed by atoms with Crippen molar-refractivity contribution in [3.05, 3.63) is 35.9 Å². The first-order valence-corrected chi connectivity index (χ1v) is 7.87. The molecule has 1 aromatic rings. The lowest BCUT2D eigenvalue weighted by atomic mass is 10.1. The zero-order valence-electron chi connectivity index (χ0n) is 13.1. The minimum absolute atomic E-state index is 0.0212. The second-order valence-electron chi connectivity index (χ2n) is 5.62. The Labute approximate surface area is 131 Å². The first-order chi connectivity index (χ1) is 10.7. The van der Waals surface area contributed by atoms with Crippen LogP contribution in [0, 0.1) is 5.92 Å². The van der Waals surface area contributed by atoms with Gasteiger partial charge >= 0.3 is 0 Å². The Kier molecular flexibility index (Phi) is 5.95. The third-order valence-corrected chi connectivity index (χ3v) is 4.14. The van der Waals surface area contributed by atoms with Gasteiger partial charge in [-0.3, -0.25) is 9.59 Å². The van der Waals surface area contributed by atoms with Crippen LogP contribution in [-0.2, 0) is 16.0 Å². The van der Waals surface area contributed by atoms with Gasteiger partial charge in [-0.25, -0.2) is 0 Å². The van der Waals surface area contributed by atoms with Crippen molar-refractivity contribution in [3.8, 4) is 0 Å². The Hall–Kier alpha value is -1.88. The standard InChI is InChI=1S/C17H24N2O3/c1-2-18(10-11-20)17(22)15-12-16(21)19(13-15)9-8-14-6-4-3-5-7-14/h3-7,15,20H,2,8-13H2,1H3. The van der Waals surface area contributed by atoms with Crippen molar-refractivity contribution >= 4 is 11.8 Å². The van der Waals surface area contributed by atoms with Crippen LogP contribution >= 0.6 is 0 Å². The quantitative estimate of drug-likeness (QED) is 0.815. The zero-order valence-corrected chi connectivity index (χ0v) is 13.1. The molecule has 1 N–H and O–H groups in total. The van der Waals surface area contributed by atoms with Crippen LogP contribution in [0.5, 0.6) is 0 Å². The fourth-order valence-corrected chi connectivity index (χ4v) is 2.87. The van der Waals surface area contributed by atoms with E-state index < -0.39 is 0 Å². The fraction of sp³-hybridized carbons (Fsp3) is 0.529. The number of aliphatic hydroxyl groups is 1. The van der Waals surface area contributed by atoms with Crippen LogP contribution in [0.1, 0.15) is 18.9 Å². The first kappa shape index (κ1) is 16.5. The van der Waals surface area contributed by atoms with E-state index in [-0.39, 0.29) is 30.8 Å². The molecule has 1 saturated heterocycles. The van der Waals surface area contributed by atoms with Gasteiger partial charge in [-0.15, -0.1) is 0 Å². The normalized spacial score (nSPS) is 17.8. The number of likely N-dealkylation sites (tertiary alicyclic amines) is 1. The van der Waals surface area contributed by atoms with Gasteiger partial charge in [0.15, 0.2) is 0 Å². The van der Waals surface area contributed by atoms with E-state index in [1.807, 2.05) is 37.3 Å². The van der Waals surface area contributed by atoms with E-state index in [1.165, 1.54) is 5.56 Å². The number of carbonyl (C=O) groups is 2. The monoisotopic (exact) mass is 304 g/mol. The van der Waals surface area contributed by atoms with Crippen LogP contribution in [0.2, 0.25) is 0 Å². The molecule has 0 saturated carbocycles. The van der Waals surface area contributed by atoms with Crippen molar-refractivity contribution < 1.29 is 14.7 Å². The molecule has 1 aromatic carbocycles. The van der Waals surface area contributed by atoms with Crippen molar-refractivity contribution in [2.24, 2.45) is 5.92 Å². The summed E-state index contributed by atoms with van der Waals surface area (Å²) in [5.74, 6) is -0.240. The second-order valence-corrected chi connectivity index (χ2v) is 5.62. The van der Waals surface area contributed by atoms with Crippen molar-refractivity contribution in [3.63, 3.8) is 0 Å². The van der Waals surface area contributed by atoms with Crippen LogP contribution in [0.15, 0.2) is 30.3 Å². The Morgan fingerprint density at radius 3 is 2.73 bits per heavy atom. The van der Waals surface area contributed by atoms with Gasteiger partial charge in [-0.05, 0) is 18.9 Å². The van der Waals surface area contributed by atoms with Crippen LogP contribution < -0.4 is 0 Å². The summed E-state index contributed by atoms with van der Waals surface area (Å²) in [5.41, 5.74) is 1.19. The minimum atomic E-state index is -0.269. The molecule has 5 nitrogen and oxygen atoms in total. The van der Waals surface area contributed by atoms with E-state index in [0.717, 1.165) is 6.42 Å². The van der Waals surface area contributed by atoms with E-state index in [1.54, 1.807) is 9.80 Å². The Morgan fingerprint density at radius 2 is 2.09 bits per heavy atom. The van der Waals surface area contributed by atoms with Gasteiger partial charge in [-0.1, -0.05) is 30.3 Å². The van der Waals surface area contributed by atoms with Crippen molar-refractivity contribution in [1.82, 2.24) is 9.80 Å². The highest BCUT2D eigenvalue weighted by atomic mass is 16.3. The highest BCUT2D eigenvalue weighted by Gasteiger charge is 2.35. The Bertz CT molecular complexity index is 504. The number of hydrogen-bond acceptors (Lipinski definition) is 3. The summed E-state index contributed by atoms with van der Waals surface area (Å²) >= 11 is 0. The van der Waals surface area contributed by atoms with Crippen molar-refractivity contribution in [1.29, 1.82) is 0 Å². The maximum atomic E-state index is 12.4. The predicted molar refractivity (Wildman–Crippen MR) is 84.2 cm³/mol. The molecule has 1 aliphatic rings. The fourth-order valence-electron chi connectivity index (χ4n) is 2.87. The number of likely N-dealkylation sites (N-methyl/N-ethyl adjacent to an activating group) is 1. The number of nitrogens with zero attached hydrogens (tertiary/aromatic N) is 2. The Balaban J connectivity index is 1.88. The van der Waals surface area contributed by atoms with Gasteiger partial charge in [0.2, 0.25) is 11.8 Å². The van der Waals surface area contributed by atoms with Crippen LogP contribution in [0.4, 0.5) is 0 Å². The molecule has 0 aliphatic carbocycles. The summed E-state index contributed by atoms with van der Waals surface area (Å²) in [4.78, 5) is 27.9. The molecular weight excluding hydrogens is 280 g/mol. The molecular formula is C17H24N2O3. The lowest BCUT2D eigenvalue weighted by Gasteiger charge is -2.23. The average molecular weight is 304 g/mol. The largest absolute Gasteiger partial charge is 0.395 e. The molecule has 0 spiro atoms. The van der Waals surface area contributed by atoms with Gasteiger partial charge in [0.1, 0.15) is 0 Å². The molecule has 0 bridgehead atoms. The van der Waals surface area contributed by atoms with Gasteiger partial charge < -0.3 is 14.9 Å². The van der Waals surface area contributed by atoms with Gasteiger partial charge in [0, 0.05) is 32.6 Å². The summed E-state index contributed by atoms with van der Waals surface area (Å²) in [6, 6.07) is 10.0. The van der Waals surface area contributed by atoms with E-state index in [2.05, 4.69) is 0 Å². The van der Waals surface area contributed by atoms with Crippen molar-refractivity contribution in [2.45, 2.75) is 19.8 Å². The van der Waals surface area contributed by atoms with Crippen molar-refractivity contribution in [2.75, 3.05) is 32.8 Å². The van der Waals surface area contributed by atoms with Crippen LogP contribution in [0.25, 0.3) is 0 Å². The third kappa shape index (κ3) is 4.07. The number of aliphatic hydroxyl groups excluding tert-OH is 1. The number of amides is 2. The number of hydrogen-bond donors (Lipinski definition) is 1. The SMILES string of the molecule is CCN(CCO)C(=O)C1CC(=O)N(CCc2ccccc2)C1. The predicted octanol–water partition coefficient (Wildman–Crippen LogP) is 0.918. The Morgan fingerprint density at radius 1 is 1.36 bits per heavy atom. The number of rotatable bonds is 7. The van der Waals surface area contributed by atoms with Gasteiger partial charge in [-0.2, -0.15) is 0 Å². The first-order valence-electron chi connectivity index (χ1n) is 7.87. The molecule has 1 fully saturated rings. The second kappa shape index (κ2) is 7.94. The lowest BCUT2D eigenvalue weighted by Crippen LogP contribution is -2.39. The summed E-state index contributed by atoms with van der Waals surface area (Å²) in [5, 5.41) is 9.00. The van der Waals surface area contributed by atoms with Crippen LogP contribution in [0.3, 0.4) is 0 Å². The molecule has 0 radical (unpaired) electrons. The maximum absolute atomic E-state index is 12.4. The van der Waals surface area contributed by atoms with E-state index in [4.69, 9.17) is 5.11 Å². The highest BCUT2D eigenvalue weighted by molar-refractivity contribution is 5.89. The zero-order chi connectivity index (χ0) is 15.9. The lowest BCUT2D eigenvalue weighted by molar-refractivity contribution is -0.136. The third-order valence-electron chi connectivity index (χ3n) is 4.14. The van der Waals surface area contributed by atoms with Gasteiger partial charge in [0.05, 0.1) is 12.5 Å². The van der Waals surface area contributed by atoms with E-state index >= 15 is 0 Å². The topological polar surface area (TPSA) is 60.9 Å². The molecule has 5 heteroatoms. The highest BCUT2D eigenvalue weighted by Crippen LogP contribution is 2.20. The summed E-state index contributed by atoms with van der Waals surface area (Å²) in [7, 11) is 0. The van der Waals surface area contributed by atoms with Crippen LogP contribution in [-0.4, -0.2) is 59.5 Å². The summed E-state index contributed by atoms with van der Waals surface area (Å²) in [6.07, 6.45) is 1.09. The van der Waals surface area contributed by atoms with E-state index in [9.17, 15) is 9.59 Å². The molecule has 22 heavy (non-hydrogen) atoms. The molecule has 2 rings (SSSR count). The number of benzene rings is 1. The molecule has 120 valence electrons. The summed E-state index contributed by atoms with van der Waals surface area (Å²) in [6.45, 7) is 3.89. The molecule has 1 aliphatic heterocycles. The number of carbonyl (C=O) groups excluding carboxylic acids is 2. The average Bonchev–Trinajstić information content (AvgIpc) is 2.92. The maximum Gasteiger partial charge on any atom is 0.228 e. The van der Waals surface area contributed by atoms with E-state index in [0.29, 0.717) is 26.2 Å². The molecule has 1 atom stereocenters. The van der Waals surface area contributed by atoms with Gasteiger partial charge in [0.25, 0.3) is 0 Å². The smallest absolute Gasteiger partial charge is 0.228 e. The molecule has 1 unspecified atom stereocenters. The summed E-state index contributed by atoms with van der Waals surface area (Å²) < 4.78 is 0. The minimum Gasteiger partial charge on any atom is -0.395 e. The molecule has 2 amide bonds.